The van der Waals surface area contributed by atoms with Crippen molar-refractivity contribution in [3.63, 3.8) is 0 Å². The van der Waals surface area contributed by atoms with Gasteiger partial charge in [-0.2, -0.15) is 0 Å². The van der Waals surface area contributed by atoms with E-state index in [0.29, 0.717) is 17.5 Å². The topological polar surface area (TPSA) is 106 Å². The summed E-state index contributed by atoms with van der Waals surface area (Å²) in [4.78, 5) is 21.4. The van der Waals surface area contributed by atoms with Crippen molar-refractivity contribution in [2.75, 3.05) is 11.1 Å². The molecule has 134 valence electrons. The quantitative estimate of drug-likeness (QED) is 0.630. The Morgan fingerprint density at radius 3 is 2.88 bits per heavy atom. The van der Waals surface area contributed by atoms with Crippen molar-refractivity contribution in [2.24, 2.45) is 0 Å². The van der Waals surface area contributed by atoms with Gasteiger partial charge < -0.3 is 15.4 Å². The Morgan fingerprint density at radius 1 is 1.31 bits per heavy atom. The zero-order valence-electron chi connectivity index (χ0n) is 14.1. The Morgan fingerprint density at radius 2 is 2.12 bits per heavy atom. The number of nitrogens with one attached hydrogen (secondary N) is 1. The van der Waals surface area contributed by atoms with Crippen LogP contribution in [0.1, 0.15) is 31.7 Å². The number of carboxylic acid groups (broad SMARTS) is 1. The van der Waals surface area contributed by atoms with Gasteiger partial charge in [-0.3, -0.25) is 5.32 Å². The number of nitrogens with two attached hydrogens (primary N) is 1. The minimum atomic E-state index is -1.08. The summed E-state index contributed by atoms with van der Waals surface area (Å²) in [6, 6.07) is 7.73. The fourth-order valence-electron chi connectivity index (χ4n) is 3.50. The van der Waals surface area contributed by atoms with E-state index in [1.807, 2.05) is 12.1 Å². The Bertz CT molecular complexity index is 965. The van der Waals surface area contributed by atoms with E-state index in [9.17, 15) is 4.79 Å². The standard InChI is InChI=1S/C18H19N5O2S/c19-16-15-14(26-13-7-3-4-11(8-13)22-18(24)25)9-23(12-5-1-2-6-12)17(15)21-10-20-16/h3-4,7-10,12,22H,1-2,5-6H2,(H,24,25)(H2,19,20,21). The molecule has 0 unspecified atom stereocenters. The van der Waals surface area contributed by atoms with Gasteiger partial charge in [0.25, 0.3) is 0 Å². The van der Waals surface area contributed by atoms with Gasteiger partial charge in [0.05, 0.1) is 5.39 Å². The molecule has 8 heteroatoms. The van der Waals surface area contributed by atoms with Crippen LogP contribution in [0.15, 0.2) is 46.6 Å². The first-order valence-corrected chi connectivity index (χ1v) is 9.32. The van der Waals surface area contributed by atoms with Gasteiger partial charge in [-0.15, -0.1) is 0 Å². The van der Waals surface area contributed by atoms with Crippen molar-refractivity contribution in [3.8, 4) is 0 Å². The van der Waals surface area contributed by atoms with Crippen molar-refractivity contribution < 1.29 is 9.90 Å². The summed E-state index contributed by atoms with van der Waals surface area (Å²) >= 11 is 1.54. The number of hydrogen-bond acceptors (Lipinski definition) is 5. The minimum Gasteiger partial charge on any atom is -0.465 e. The Labute approximate surface area is 154 Å². The molecule has 7 nitrogen and oxygen atoms in total. The molecule has 0 aliphatic heterocycles. The summed E-state index contributed by atoms with van der Waals surface area (Å²) in [6.45, 7) is 0. The van der Waals surface area contributed by atoms with Crippen molar-refractivity contribution in [1.29, 1.82) is 0 Å². The molecule has 4 rings (SSSR count). The second-order valence-corrected chi connectivity index (χ2v) is 7.47. The van der Waals surface area contributed by atoms with Crippen LogP contribution in [0.2, 0.25) is 0 Å². The first-order chi connectivity index (χ1) is 12.6. The molecule has 1 fully saturated rings. The highest BCUT2D eigenvalue weighted by atomic mass is 32.2. The summed E-state index contributed by atoms with van der Waals surface area (Å²) in [5, 5.41) is 12.1. The summed E-state index contributed by atoms with van der Waals surface area (Å²) < 4.78 is 2.22. The van der Waals surface area contributed by atoms with Gasteiger partial charge in [-0.25, -0.2) is 14.8 Å². The van der Waals surface area contributed by atoms with Crippen molar-refractivity contribution in [2.45, 2.75) is 41.5 Å². The monoisotopic (exact) mass is 369 g/mol. The van der Waals surface area contributed by atoms with Crippen LogP contribution in [0.4, 0.5) is 16.3 Å². The molecule has 0 radical (unpaired) electrons. The first kappa shape index (κ1) is 16.7. The highest BCUT2D eigenvalue weighted by molar-refractivity contribution is 7.99. The number of hydrogen-bond donors (Lipinski definition) is 3. The summed E-state index contributed by atoms with van der Waals surface area (Å²) in [7, 11) is 0. The SMILES string of the molecule is Nc1ncnc2c1c(Sc1cccc(NC(=O)O)c1)cn2C1CCCC1. The molecule has 0 atom stereocenters. The number of anilines is 2. The molecule has 1 saturated carbocycles. The highest BCUT2D eigenvalue weighted by Gasteiger charge is 2.22. The van der Waals surface area contributed by atoms with E-state index in [2.05, 4.69) is 26.0 Å². The smallest absolute Gasteiger partial charge is 0.409 e. The van der Waals surface area contributed by atoms with Crippen LogP contribution < -0.4 is 11.1 Å². The van der Waals surface area contributed by atoms with Crippen LogP contribution in [-0.4, -0.2) is 25.7 Å². The lowest BCUT2D eigenvalue weighted by molar-refractivity contribution is 0.209. The zero-order valence-corrected chi connectivity index (χ0v) is 14.9. The average Bonchev–Trinajstić information content (AvgIpc) is 3.23. The highest BCUT2D eigenvalue weighted by Crippen LogP contribution is 2.40. The molecule has 1 aromatic carbocycles. The van der Waals surface area contributed by atoms with Crippen LogP contribution in [0.3, 0.4) is 0 Å². The van der Waals surface area contributed by atoms with E-state index in [-0.39, 0.29) is 0 Å². The summed E-state index contributed by atoms with van der Waals surface area (Å²) in [6.07, 6.45) is 7.29. The number of fused-ring (bicyclic) bond motifs is 1. The van der Waals surface area contributed by atoms with Crippen LogP contribution in [0, 0.1) is 0 Å². The molecule has 2 aromatic heterocycles. The van der Waals surface area contributed by atoms with E-state index >= 15 is 0 Å². The Kier molecular flexibility index (Phi) is 4.42. The summed E-state index contributed by atoms with van der Waals surface area (Å²) in [5.41, 5.74) is 7.55. The average molecular weight is 369 g/mol. The van der Waals surface area contributed by atoms with Gasteiger partial charge in [-0.05, 0) is 31.0 Å². The maximum Gasteiger partial charge on any atom is 0.409 e. The van der Waals surface area contributed by atoms with Gasteiger partial charge in [0.15, 0.2) is 0 Å². The number of nitrogens with zero attached hydrogens (tertiary/aromatic N) is 3. The van der Waals surface area contributed by atoms with Gasteiger partial charge >= 0.3 is 6.09 Å². The van der Waals surface area contributed by atoms with Crippen LogP contribution in [-0.2, 0) is 0 Å². The lowest BCUT2D eigenvalue weighted by Gasteiger charge is -2.12. The molecule has 1 aliphatic carbocycles. The third kappa shape index (κ3) is 3.20. The molecule has 1 amide bonds. The maximum absolute atomic E-state index is 10.9. The zero-order chi connectivity index (χ0) is 18.1. The molecule has 26 heavy (non-hydrogen) atoms. The van der Waals surface area contributed by atoms with Gasteiger partial charge in [-0.1, -0.05) is 30.7 Å². The van der Waals surface area contributed by atoms with Crippen molar-refractivity contribution >= 4 is 40.4 Å². The third-order valence-corrected chi connectivity index (χ3v) is 5.65. The number of amides is 1. The molecular weight excluding hydrogens is 350 g/mol. The molecule has 4 N–H and O–H groups in total. The van der Waals surface area contributed by atoms with Crippen LogP contribution >= 0.6 is 11.8 Å². The fourth-order valence-corrected chi connectivity index (χ4v) is 4.55. The molecule has 0 spiro atoms. The fraction of sp³-hybridized carbons (Fsp3) is 0.278. The Balaban J connectivity index is 1.73. The second-order valence-electron chi connectivity index (χ2n) is 6.36. The molecule has 2 heterocycles. The molecule has 1 aliphatic rings. The van der Waals surface area contributed by atoms with E-state index in [1.165, 1.54) is 30.9 Å². The first-order valence-electron chi connectivity index (χ1n) is 8.50. The predicted octanol–water partition coefficient (Wildman–Crippen LogP) is 4.37. The lowest BCUT2D eigenvalue weighted by atomic mass is 10.2. The molecule has 0 bridgehead atoms. The number of benzene rings is 1. The number of nitrogen functional groups attached to an aromatic ring is 1. The normalized spacial score (nSPS) is 14.8. The molecule has 3 aromatic rings. The lowest BCUT2D eigenvalue weighted by Crippen LogP contribution is -2.06. The largest absolute Gasteiger partial charge is 0.465 e. The van der Waals surface area contributed by atoms with E-state index in [4.69, 9.17) is 10.8 Å². The van der Waals surface area contributed by atoms with Gasteiger partial charge in [0, 0.05) is 27.7 Å². The number of aromatic nitrogens is 3. The van der Waals surface area contributed by atoms with E-state index in [1.54, 1.807) is 12.1 Å². The summed E-state index contributed by atoms with van der Waals surface area (Å²) in [5.74, 6) is 0.467. The van der Waals surface area contributed by atoms with Gasteiger partial charge in [0.1, 0.15) is 17.8 Å². The molecule has 0 saturated heterocycles. The van der Waals surface area contributed by atoms with E-state index < -0.39 is 6.09 Å². The molecular formula is C18H19N5O2S. The minimum absolute atomic E-state index is 0.446. The number of carbonyl (C=O) groups is 1. The Hall–Kier alpha value is -2.74. The third-order valence-electron chi connectivity index (χ3n) is 4.64. The van der Waals surface area contributed by atoms with Crippen molar-refractivity contribution in [3.05, 3.63) is 36.8 Å². The predicted molar refractivity (Wildman–Crippen MR) is 102 cm³/mol. The second kappa shape index (κ2) is 6.87. The van der Waals surface area contributed by atoms with Crippen LogP contribution in [0.5, 0.6) is 0 Å². The van der Waals surface area contributed by atoms with Crippen LogP contribution in [0.25, 0.3) is 11.0 Å². The van der Waals surface area contributed by atoms with Crippen molar-refractivity contribution in [1.82, 2.24) is 14.5 Å². The number of rotatable bonds is 4. The van der Waals surface area contributed by atoms with E-state index in [0.717, 1.165) is 33.7 Å². The maximum atomic E-state index is 10.9. The van der Waals surface area contributed by atoms with Gasteiger partial charge in [0.2, 0.25) is 0 Å².